The smallest absolute Gasteiger partial charge is 0.243 e. The summed E-state index contributed by atoms with van der Waals surface area (Å²) in [5, 5.41) is 3.03. The first-order valence-corrected chi connectivity index (χ1v) is 9.68. The van der Waals surface area contributed by atoms with Crippen molar-refractivity contribution >= 4 is 17.5 Å². The van der Waals surface area contributed by atoms with E-state index in [2.05, 4.69) is 16.3 Å². The van der Waals surface area contributed by atoms with Crippen LogP contribution in [0, 0.1) is 0 Å². The van der Waals surface area contributed by atoms with Crippen LogP contribution in [0.4, 0.5) is 5.69 Å². The van der Waals surface area contributed by atoms with Gasteiger partial charge in [0.1, 0.15) is 6.04 Å². The molecule has 1 aromatic carbocycles. The minimum absolute atomic E-state index is 0.0464. The Morgan fingerprint density at radius 1 is 1.23 bits per heavy atom. The molecule has 1 fully saturated rings. The summed E-state index contributed by atoms with van der Waals surface area (Å²) in [5.74, 6) is -0.0176. The van der Waals surface area contributed by atoms with Crippen molar-refractivity contribution in [1.82, 2.24) is 10.2 Å². The quantitative estimate of drug-likeness (QED) is 0.838. The van der Waals surface area contributed by atoms with E-state index >= 15 is 0 Å². The van der Waals surface area contributed by atoms with Crippen molar-refractivity contribution in [3.05, 3.63) is 29.8 Å². The molecule has 2 aliphatic heterocycles. The molecule has 1 unspecified atom stereocenters. The lowest BCUT2D eigenvalue weighted by molar-refractivity contribution is -0.126. The summed E-state index contributed by atoms with van der Waals surface area (Å²) in [6, 6.07) is 7.50. The van der Waals surface area contributed by atoms with Gasteiger partial charge in [0.25, 0.3) is 0 Å². The molecule has 0 bridgehead atoms. The van der Waals surface area contributed by atoms with E-state index in [1.807, 2.05) is 25.1 Å². The van der Waals surface area contributed by atoms with E-state index in [0.29, 0.717) is 19.4 Å². The number of nitrogens with zero attached hydrogens (tertiary/aromatic N) is 2. The highest BCUT2D eigenvalue weighted by atomic mass is 16.5. The molecule has 2 amide bonds. The van der Waals surface area contributed by atoms with Crippen LogP contribution in [0.3, 0.4) is 0 Å². The number of fused-ring (bicyclic) bond motifs is 1. The first-order valence-electron chi connectivity index (χ1n) is 9.68. The Hall–Kier alpha value is -1.92. The second kappa shape index (κ2) is 9.14. The maximum absolute atomic E-state index is 12.8. The topological polar surface area (TPSA) is 61.9 Å². The molecular weight excluding hydrogens is 330 g/mol. The molecule has 0 aliphatic carbocycles. The Morgan fingerprint density at radius 3 is 2.77 bits per heavy atom. The zero-order chi connectivity index (χ0) is 18.4. The average molecular weight is 359 g/mol. The minimum Gasteiger partial charge on any atom is -0.379 e. The second-order valence-electron chi connectivity index (χ2n) is 6.92. The van der Waals surface area contributed by atoms with Crippen LogP contribution >= 0.6 is 0 Å². The second-order valence-corrected chi connectivity index (χ2v) is 6.92. The molecule has 3 rings (SSSR count). The number of hydrogen-bond donors (Lipinski definition) is 1. The Balaban J connectivity index is 1.66. The van der Waals surface area contributed by atoms with Gasteiger partial charge >= 0.3 is 0 Å². The van der Waals surface area contributed by atoms with Crippen LogP contribution < -0.4 is 10.2 Å². The summed E-state index contributed by atoms with van der Waals surface area (Å²) in [6.07, 6.45) is 2.81. The van der Waals surface area contributed by atoms with E-state index in [4.69, 9.17) is 4.74 Å². The molecular formula is C20H29N3O3. The Kier molecular flexibility index (Phi) is 6.63. The molecule has 1 atom stereocenters. The molecule has 2 aliphatic rings. The van der Waals surface area contributed by atoms with Crippen molar-refractivity contribution in [2.24, 2.45) is 0 Å². The van der Waals surface area contributed by atoms with Crippen LogP contribution in [-0.2, 0) is 20.7 Å². The molecule has 6 heteroatoms. The van der Waals surface area contributed by atoms with Gasteiger partial charge in [-0.3, -0.25) is 19.4 Å². The first kappa shape index (κ1) is 18.9. The van der Waals surface area contributed by atoms with Gasteiger partial charge in [-0.25, -0.2) is 0 Å². The monoisotopic (exact) mass is 359 g/mol. The Morgan fingerprint density at radius 2 is 2.00 bits per heavy atom. The summed E-state index contributed by atoms with van der Waals surface area (Å²) in [7, 11) is 0. The van der Waals surface area contributed by atoms with Crippen molar-refractivity contribution in [3.63, 3.8) is 0 Å². The van der Waals surface area contributed by atoms with Gasteiger partial charge in [-0.15, -0.1) is 0 Å². The Bertz CT molecular complexity index is 628. The number of carbonyl (C=O) groups is 2. The largest absolute Gasteiger partial charge is 0.379 e. The molecule has 0 saturated carbocycles. The van der Waals surface area contributed by atoms with Gasteiger partial charge in [0.05, 0.1) is 13.2 Å². The lowest BCUT2D eigenvalue weighted by atomic mass is 10.1. The number of hydrogen-bond acceptors (Lipinski definition) is 4. The molecule has 1 N–H and O–H groups in total. The lowest BCUT2D eigenvalue weighted by Crippen LogP contribution is -2.51. The summed E-state index contributed by atoms with van der Waals surface area (Å²) in [4.78, 5) is 29.6. The Labute approximate surface area is 155 Å². The van der Waals surface area contributed by atoms with Crippen molar-refractivity contribution in [1.29, 1.82) is 0 Å². The van der Waals surface area contributed by atoms with Gasteiger partial charge in [-0.05, 0) is 30.9 Å². The SMILES string of the molecule is CCC(C(=O)NCCN1CCOCC1)N1C(=O)CCCc2ccccc21. The highest BCUT2D eigenvalue weighted by Crippen LogP contribution is 2.29. The number of benzene rings is 1. The van der Waals surface area contributed by atoms with Gasteiger partial charge in [-0.2, -0.15) is 0 Å². The van der Waals surface area contributed by atoms with E-state index in [9.17, 15) is 9.59 Å². The summed E-state index contributed by atoms with van der Waals surface area (Å²) in [5.41, 5.74) is 2.04. The number of morpholine rings is 1. The molecule has 1 saturated heterocycles. The van der Waals surface area contributed by atoms with Crippen molar-refractivity contribution in [2.75, 3.05) is 44.3 Å². The number of anilines is 1. The van der Waals surface area contributed by atoms with E-state index in [-0.39, 0.29) is 11.8 Å². The lowest BCUT2D eigenvalue weighted by Gasteiger charge is -2.31. The first-order chi connectivity index (χ1) is 12.7. The molecule has 6 nitrogen and oxygen atoms in total. The number of rotatable bonds is 6. The van der Waals surface area contributed by atoms with Gasteiger partial charge in [0.15, 0.2) is 0 Å². The predicted molar refractivity (Wildman–Crippen MR) is 101 cm³/mol. The fraction of sp³-hybridized carbons (Fsp3) is 0.600. The van der Waals surface area contributed by atoms with Crippen molar-refractivity contribution < 1.29 is 14.3 Å². The molecule has 0 aromatic heterocycles. The van der Waals surface area contributed by atoms with Crippen molar-refractivity contribution in [3.8, 4) is 0 Å². The third kappa shape index (κ3) is 4.43. The molecule has 1 aromatic rings. The van der Waals surface area contributed by atoms with Gasteiger partial charge < -0.3 is 10.1 Å². The van der Waals surface area contributed by atoms with Gasteiger partial charge in [-0.1, -0.05) is 25.1 Å². The molecule has 0 spiro atoms. The fourth-order valence-electron chi connectivity index (χ4n) is 3.75. The number of para-hydroxylation sites is 1. The maximum Gasteiger partial charge on any atom is 0.243 e. The van der Waals surface area contributed by atoms with Crippen LogP contribution in [0.2, 0.25) is 0 Å². The van der Waals surface area contributed by atoms with Gasteiger partial charge in [0.2, 0.25) is 11.8 Å². The van der Waals surface area contributed by atoms with Crippen LogP contribution in [0.5, 0.6) is 0 Å². The summed E-state index contributed by atoms with van der Waals surface area (Å²) < 4.78 is 5.35. The molecule has 0 radical (unpaired) electrons. The van der Waals surface area contributed by atoms with Crippen LogP contribution in [0.15, 0.2) is 24.3 Å². The maximum atomic E-state index is 12.8. The molecule has 26 heavy (non-hydrogen) atoms. The fourth-order valence-corrected chi connectivity index (χ4v) is 3.75. The third-order valence-corrected chi connectivity index (χ3v) is 5.19. The van der Waals surface area contributed by atoms with E-state index < -0.39 is 6.04 Å². The number of amides is 2. The van der Waals surface area contributed by atoms with E-state index in [0.717, 1.165) is 56.9 Å². The molecule has 2 heterocycles. The highest BCUT2D eigenvalue weighted by Gasteiger charge is 2.32. The van der Waals surface area contributed by atoms with Crippen LogP contribution in [0.25, 0.3) is 0 Å². The van der Waals surface area contributed by atoms with E-state index in [1.165, 1.54) is 0 Å². The van der Waals surface area contributed by atoms with Crippen molar-refractivity contribution in [2.45, 2.75) is 38.6 Å². The van der Waals surface area contributed by atoms with E-state index in [1.54, 1.807) is 4.90 Å². The zero-order valence-electron chi connectivity index (χ0n) is 15.6. The predicted octanol–water partition coefficient (Wildman–Crippen LogP) is 1.58. The van der Waals surface area contributed by atoms with Crippen LogP contribution in [-0.4, -0.2) is 62.1 Å². The normalized spacial score (nSPS) is 19.6. The highest BCUT2D eigenvalue weighted by molar-refractivity contribution is 6.01. The third-order valence-electron chi connectivity index (χ3n) is 5.19. The summed E-state index contributed by atoms with van der Waals surface area (Å²) in [6.45, 7) is 6.70. The standard InChI is InChI=1S/C20H29N3O3/c1-2-17(20(25)21-10-11-22-12-14-26-15-13-22)23-18-8-4-3-6-16(18)7-5-9-19(23)24/h3-4,6,8,17H,2,5,7,9-15H2,1H3,(H,21,25). The minimum atomic E-state index is -0.452. The number of nitrogens with one attached hydrogen (secondary N) is 1. The number of ether oxygens (including phenoxy) is 1. The van der Waals surface area contributed by atoms with Crippen LogP contribution in [0.1, 0.15) is 31.7 Å². The van der Waals surface area contributed by atoms with Gasteiger partial charge in [0, 0.05) is 38.3 Å². The molecule has 142 valence electrons. The number of aryl methyl sites for hydroxylation is 1. The zero-order valence-corrected chi connectivity index (χ0v) is 15.6. The number of carbonyl (C=O) groups excluding carboxylic acids is 2. The summed E-state index contributed by atoms with van der Waals surface area (Å²) >= 11 is 0. The average Bonchev–Trinajstić information content (AvgIpc) is 2.83.